The van der Waals surface area contributed by atoms with E-state index in [-0.39, 0.29) is 11.9 Å². The Labute approximate surface area is 197 Å². The van der Waals surface area contributed by atoms with Gasteiger partial charge in [0.15, 0.2) is 0 Å². The van der Waals surface area contributed by atoms with Crippen molar-refractivity contribution in [2.24, 2.45) is 5.92 Å². The van der Waals surface area contributed by atoms with Crippen LogP contribution in [0.5, 0.6) is 0 Å². The number of ether oxygens (including phenoxy) is 1. The summed E-state index contributed by atoms with van der Waals surface area (Å²) in [5, 5.41) is 4.71. The molecule has 6 rings (SSSR count). The Hall–Kier alpha value is -2.90. The summed E-state index contributed by atoms with van der Waals surface area (Å²) >= 11 is 1.52. The van der Waals surface area contributed by atoms with Gasteiger partial charge in [-0.1, -0.05) is 0 Å². The van der Waals surface area contributed by atoms with Crippen LogP contribution in [0.25, 0.3) is 21.1 Å². The van der Waals surface area contributed by atoms with Crippen LogP contribution in [0.4, 0.5) is 11.4 Å². The number of amides is 1. The number of carbonyl (C=O) groups is 1. The minimum Gasteiger partial charge on any atom is -0.379 e. The maximum atomic E-state index is 13.4. The number of benzene rings is 1. The molecule has 1 atom stereocenters. The number of nitrogens with one attached hydrogen (secondary N) is 2. The third kappa shape index (κ3) is 4.23. The number of hydrogen-bond acceptors (Lipinski definition) is 5. The summed E-state index contributed by atoms with van der Waals surface area (Å²) in [7, 11) is 0. The Morgan fingerprint density at radius 3 is 3.00 bits per heavy atom. The standard InChI is InChI=1S/C26H28N4O2S/c1-16-11-18-12-19(6-7-21(18)28-16)29-22-8-9-27-23-13-24(33-25(22)23)26(31)30-10-2-3-20(30)15-32-14-17-4-5-17/h6-9,11-13,17,20,28H,2-5,10,14-15H2,1H3,(H,27,29)/t20-/m0/s1. The number of aryl methyl sites for hydroxylation is 1. The number of aromatic nitrogens is 2. The Kier molecular flexibility index (Phi) is 5.31. The summed E-state index contributed by atoms with van der Waals surface area (Å²) in [5.41, 5.74) is 5.12. The van der Waals surface area contributed by atoms with Crippen LogP contribution in [0, 0.1) is 12.8 Å². The highest BCUT2D eigenvalue weighted by Gasteiger charge is 2.31. The van der Waals surface area contributed by atoms with Gasteiger partial charge in [-0.2, -0.15) is 0 Å². The summed E-state index contributed by atoms with van der Waals surface area (Å²) < 4.78 is 6.93. The molecule has 2 aliphatic rings. The summed E-state index contributed by atoms with van der Waals surface area (Å²) in [6.07, 6.45) is 6.44. The second-order valence-corrected chi connectivity index (χ2v) is 10.4. The zero-order valence-corrected chi connectivity index (χ0v) is 19.6. The van der Waals surface area contributed by atoms with Crippen molar-refractivity contribution in [3.8, 4) is 0 Å². The summed E-state index contributed by atoms with van der Waals surface area (Å²) in [5.74, 6) is 0.850. The number of carbonyl (C=O) groups excluding carboxylic acids is 1. The first-order valence-corrected chi connectivity index (χ1v) is 12.6. The molecule has 1 saturated carbocycles. The highest BCUT2D eigenvalue weighted by atomic mass is 32.1. The van der Waals surface area contributed by atoms with Crippen molar-refractivity contribution < 1.29 is 9.53 Å². The topological polar surface area (TPSA) is 70.2 Å². The second kappa shape index (κ2) is 8.47. The SMILES string of the molecule is Cc1cc2cc(Nc3ccnc4cc(C(=O)N5CCC[C@H]5COCC5CC5)sc34)ccc2[nH]1. The Balaban J connectivity index is 1.22. The lowest BCUT2D eigenvalue weighted by atomic mass is 10.2. The van der Waals surface area contributed by atoms with Crippen molar-refractivity contribution in [1.29, 1.82) is 0 Å². The van der Waals surface area contributed by atoms with E-state index in [0.717, 1.165) is 69.6 Å². The van der Waals surface area contributed by atoms with Crippen molar-refractivity contribution in [2.75, 3.05) is 25.1 Å². The van der Waals surface area contributed by atoms with Crippen molar-refractivity contribution in [2.45, 2.75) is 38.6 Å². The fraction of sp³-hybridized carbons (Fsp3) is 0.385. The Bertz CT molecular complexity index is 1320. The normalized spacial score (nSPS) is 18.5. The summed E-state index contributed by atoms with van der Waals surface area (Å²) in [4.78, 5) is 24.0. The van der Waals surface area contributed by atoms with Crippen LogP contribution in [0.2, 0.25) is 0 Å². The van der Waals surface area contributed by atoms with Crippen LogP contribution in [0.15, 0.2) is 42.6 Å². The second-order valence-electron chi connectivity index (χ2n) is 9.34. The quantitative estimate of drug-likeness (QED) is 0.362. The summed E-state index contributed by atoms with van der Waals surface area (Å²) in [6, 6.07) is 12.5. The molecule has 1 aliphatic carbocycles. The van der Waals surface area contributed by atoms with Gasteiger partial charge in [-0.15, -0.1) is 11.3 Å². The number of anilines is 2. The van der Waals surface area contributed by atoms with E-state index < -0.39 is 0 Å². The number of aromatic amines is 1. The molecule has 3 aromatic heterocycles. The predicted octanol–water partition coefficient (Wildman–Crippen LogP) is 5.86. The number of thiophene rings is 1. The molecule has 4 heterocycles. The van der Waals surface area contributed by atoms with Crippen molar-refractivity contribution in [3.05, 3.63) is 53.2 Å². The molecule has 2 fully saturated rings. The molecule has 0 unspecified atom stereocenters. The number of rotatable bonds is 7. The molecular formula is C26H28N4O2S. The molecule has 7 heteroatoms. The zero-order chi connectivity index (χ0) is 22.4. The highest BCUT2D eigenvalue weighted by Crippen LogP contribution is 2.35. The van der Waals surface area contributed by atoms with Crippen molar-refractivity contribution >= 4 is 49.7 Å². The largest absolute Gasteiger partial charge is 0.379 e. The molecule has 1 aliphatic heterocycles. The first kappa shape index (κ1) is 20.7. The minimum atomic E-state index is 0.102. The number of fused-ring (bicyclic) bond motifs is 2. The van der Waals surface area contributed by atoms with E-state index in [9.17, 15) is 4.79 Å². The lowest BCUT2D eigenvalue weighted by Crippen LogP contribution is -2.38. The number of nitrogens with zero attached hydrogens (tertiary/aromatic N) is 2. The van der Waals surface area contributed by atoms with Crippen molar-refractivity contribution in [3.63, 3.8) is 0 Å². The molecule has 1 aromatic carbocycles. The fourth-order valence-electron chi connectivity index (χ4n) is 4.73. The lowest BCUT2D eigenvalue weighted by molar-refractivity contribution is 0.0519. The van der Waals surface area contributed by atoms with E-state index in [2.05, 4.69) is 46.5 Å². The van der Waals surface area contributed by atoms with E-state index in [1.807, 2.05) is 17.0 Å². The van der Waals surface area contributed by atoms with Crippen LogP contribution in [0.3, 0.4) is 0 Å². The Morgan fingerprint density at radius 2 is 2.12 bits per heavy atom. The molecule has 33 heavy (non-hydrogen) atoms. The average molecular weight is 461 g/mol. The maximum Gasteiger partial charge on any atom is 0.264 e. The first-order valence-electron chi connectivity index (χ1n) is 11.8. The van der Waals surface area contributed by atoms with Crippen molar-refractivity contribution in [1.82, 2.24) is 14.9 Å². The number of hydrogen-bond donors (Lipinski definition) is 2. The number of pyridine rings is 1. The maximum absolute atomic E-state index is 13.4. The Morgan fingerprint density at radius 1 is 1.21 bits per heavy atom. The average Bonchev–Trinajstić information content (AvgIpc) is 3.19. The molecule has 4 aromatic rings. The van der Waals surface area contributed by atoms with Gasteiger partial charge in [0.25, 0.3) is 5.91 Å². The van der Waals surface area contributed by atoms with E-state index in [4.69, 9.17) is 4.74 Å². The molecule has 2 N–H and O–H groups in total. The van der Waals surface area contributed by atoms with E-state index in [1.165, 1.54) is 29.6 Å². The monoisotopic (exact) mass is 460 g/mol. The predicted molar refractivity (Wildman–Crippen MR) is 134 cm³/mol. The minimum absolute atomic E-state index is 0.102. The van der Waals surface area contributed by atoms with Gasteiger partial charge in [0, 0.05) is 41.6 Å². The van der Waals surface area contributed by atoms with Gasteiger partial charge < -0.3 is 19.9 Å². The zero-order valence-electron chi connectivity index (χ0n) is 18.8. The van der Waals surface area contributed by atoms with Crippen LogP contribution >= 0.6 is 11.3 Å². The van der Waals surface area contributed by atoms with Gasteiger partial charge in [-0.3, -0.25) is 9.78 Å². The lowest BCUT2D eigenvalue weighted by Gasteiger charge is -2.24. The van der Waals surface area contributed by atoms with Crippen LogP contribution in [-0.4, -0.2) is 46.6 Å². The molecule has 0 bridgehead atoms. The van der Waals surface area contributed by atoms with Gasteiger partial charge in [0.2, 0.25) is 0 Å². The van der Waals surface area contributed by atoms with E-state index in [0.29, 0.717) is 6.61 Å². The van der Waals surface area contributed by atoms with Gasteiger partial charge in [0.1, 0.15) is 0 Å². The molecule has 170 valence electrons. The third-order valence-corrected chi connectivity index (χ3v) is 7.80. The molecule has 0 radical (unpaired) electrons. The van der Waals surface area contributed by atoms with Gasteiger partial charge >= 0.3 is 0 Å². The summed E-state index contributed by atoms with van der Waals surface area (Å²) in [6.45, 7) is 4.36. The molecular weight excluding hydrogens is 432 g/mol. The highest BCUT2D eigenvalue weighted by molar-refractivity contribution is 7.21. The smallest absolute Gasteiger partial charge is 0.264 e. The fourth-order valence-corrected chi connectivity index (χ4v) is 5.77. The molecule has 6 nitrogen and oxygen atoms in total. The van der Waals surface area contributed by atoms with Gasteiger partial charge in [0.05, 0.1) is 33.4 Å². The van der Waals surface area contributed by atoms with Crippen LogP contribution in [-0.2, 0) is 4.74 Å². The van der Waals surface area contributed by atoms with Crippen LogP contribution in [0.1, 0.15) is 41.0 Å². The number of H-pyrrole nitrogens is 1. The van der Waals surface area contributed by atoms with E-state index in [1.54, 1.807) is 6.20 Å². The van der Waals surface area contributed by atoms with Gasteiger partial charge in [-0.25, -0.2) is 0 Å². The number of likely N-dealkylation sites (tertiary alicyclic amines) is 1. The molecule has 1 amide bonds. The van der Waals surface area contributed by atoms with Gasteiger partial charge in [-0.05, 0) is 74.9 Å². The molecule has 0 spiro atoms. The third-order valence-electron chi connectivity index (χ3n) is 6.66. The molecule has 1 saturated heterocycles. The first-order chi connectivity index (χ1) is 16.1. The van der Waals surface area contributed by atoms with E-state index >= 15 is 0 Å². The van der Waals surface area contributed by atoms with Crippen LogP contribution < -0.4 is 5.32 Å².